The van der Waals surface area contributed by atoms with E-state index in [0.29, 0.717) is 13.2 Å². The molecule has 0 aromatic heterocycles. The molecule has 1 atom stereocenters. The highest BCUT2D eigenvalue weighted by atomic mass is 16.7. The van der Waals surface area contributed by atoms with E-state index >= 15 is 0 Å². The Kier molecular flexibility index (Phi) is 2.86. The Morgan fingerprint density at radius 3 is 2.62 bits per heavy atom. The summed E-state index contributed by atoms with van der Waals surface area (Å²) in [6, 6.07) is 0. The molecule has 1 saturated carbocycles. The van der Waals surface area contributed by atoms with Crippen LogP contribution in [0.15, 0.2) is 0 Å². The number of hydrogen-bond donors (Lipinski definition) is 1. The fraction of sp³-hybridized carbons (Fsp3) is 1.00. The third kappa shape index (κ3) is 1.73. The molecular weight excluding hydrogens is 168 g/mol. The number of aliphatic hydroxyl groups excluding tert-OH is 1. The Bertz CT molecular complexity index is 164. The highest BCUT2D eigenvalue weighted by molar-refractivity contribution is 4.84. The number of ether oxygens (including phenoxy) is 2. The summed E-state index contributed by atoms with van der Waals surface area (Å²) in [5, 5.41) is 9.28. The lowest BCUT2D eigenvalue weighted by Gasteiger charge is -2.32. The van der Waals surface area contributed by atoms with E-state index in [2.05, 4.69) is 0 Å². The molecule has 2 fully saturated rings. The van der Waals surface area contributed by atoms with Gasteiger partial charge in [-0.2, -0.15) is 0 Å². The van der Waals surface area contributed by atoms with Crippen LogP contribution in [0.25, 0.3) is 0 Å². The van der Waals surface area contributed by atoms with Crippen molar-refractivity contribution in [1.29, 1.82) is 0 Å². The molecule has 0 aromatic carbocycles. The van der Waals surface area contributed by atoms with Crippen molar-refractivity contribution in [3.05, 3.63) is 0 Å². The van der Waals surface area contributed by atoms with E-state index in [1.807, 2.05) is 0 Å². The molecule has 1 N–H and O–H groups in total. The number of hydrogen-bond acceptors (Lipinski definition) is 3. The molecule has 3 heteroatoms. The Hall–Kier alpha value is -0.120. The third-order valence-corrected chi connectivity index (χ3v) is 3.20. The highest BCUT2D eigenvalue weighted by Crippen LogP contribution is 2.38. The van der Waals surface area contributed by atoms with Gasteiger partial charge in [-0.15, -0.1) is 0 Å². The molecule has 1 aliphatic heterocycles. The quantitative estimate of drug-likeness (QED) is 0.671. The number of rotatable bonds is 1. The van der Waals surface area contributed by atoms with Crippen molar-refractivity contribution >= 4 is 0 Å². The van der Waals surface area contributed by atoms with Crippen LogP contribution < -0.4 is 0 Å². The van der Waals surface area contributed by atoms with Gasteiger partial charge in [0.15, 0.2) is 5.79 Å². The zero-order valence-electron chi connectivity index (χ0n) is 8.00. The minimum atomic E-state index is -0.425. The summed E-state index contributed by atoms with van der Waals surface area (Å²) in [6.07, 6.45) is 5.59. The fourth-order valence-corrected chi connectivity index (χ4v) is 2.44. The Morgan fingerprint density at radius 2 is 1.92 bits per heavy atom. The molecule has 13 heavy (non-hydrogen) atoms. The lowest BCUT2D eigenvalue weighted by Crippen LogP contribution is -2.40. The Labute approximate surface area is 79.0 Å². The predicted octanol–water partition coefficient (Wildman–Crippen LogP) is 1.30. The molecule has 2 rings (SSSR count). The van der Waals surface area contributed by atoms with Crippen LogP contribution in [0.2, 0.25) is 0 Å². The molecule has 0 aromatic rings. The van der Waals surface area contributed by atoms with E-state index < -0.39 is 5.79 Å². The lowest BCUT2D eigenvalue weighted by atomic mass is 9.94. The maximum absolute atomic E-state index is 9.28. The normalized spacial score (nSPS) is 33.5. The van der Waals surface area contributed by atoms with Crippen LogP contribution in [0.3, 0.4) is 0 Å². The van der Waals surface area contributed by atoms with Crippen molar-refractivity contribution in [1.82, 2.24) is 0 Å². The summed E-state index contributed by atoms with van der Waals surface area (Å²) < 4.78 is 11.4. The van der Waals surface area contributed by atoms with Crippen LogP contribution in [0, 0.1) is 5.92 Å². The van der Waals surface area contributed by atoms with E-state index in [1.165, 1.54) is 12.8 Å². The fourth-order valence-electron chi connectivity index (χ4n) is 2.44. The van der Waals surface area contributed by atoms with Crippen LogP contribution in [0.5, 0.6) is 0 Å². The summed E-state index contributed by atoms with van der Waals surface area (Å²) in [5.74, 6) is -0.233. The molecule has 1 saturated heterocycles. The van der Waals surface area contributed by atoms with E-state index in [0.717, 1.165) is 19.3 Å². The number of aliphatic hydroxyl groups is 1. The van der Waals surface area contributed by atoms with Gasteiger partial charge < -0.3 is 14.6 Å². The van der Waals surface area contributed by atoms with Gasteiger partial charge in [-0.1, -0.05) is 12.8 Å². The van der Waals surface area contributed by atoms with Crippen molar-refractivity contribution in [3.8, 4) is 0 Å². The van der Waals surface area contributed by atoms with E-state index in [9.17, 15) is 5.11 Å². The Morgan fingerprint density at radius 1 is 1.15 bits per heavy atom. The van der Waals surface area contributed by atoms with E-state index in [4.69, 9.17) is 9.47 Å². The van der Waals surface area contributed by atoms with Gasteiger partial charge in [0.25, 0.3) is 0 Å². The second-order valence-electron chi connectivity index (χ2n) is 3.99. The van der Waals surface area contributed by atoms with Gasteiger partial charge in [-0.3, -0.25) is 0 Å². The van der Waals surface area contributed by atoms with Crippen molar-refractivity contribution in [3.63, 3.8) is 0 Å². The maximum atomic E-state index is 9.28. The standard InChI is InChI=1S/C10H18O3/c11-8-9-4-2-1-3-5-10(9)12-6-7-13-10/h9,11H,1-8H2. The van der Waals surface area contributed by atoms with Crippen molar-refractivity contribution in [2.75, 3.05) is 19.8 Å². The average molecular weight is 186 g/mol. The average Bonchev–Trinajstić information content (AvgIpc) is 2.50. The topological polar surface area (TPSA) is 38.7 Å². The van der Waals surface area contributed by atoms with Gasteiger partial charge in [0, 0.05) is 12.3 Å². The van der Waals surface area contributed by atoms with Crippen LogP contribution >= 0.6 is 0 Å². The minimum absolute atomic E-state index is 0.192. The summed E-state index contributed by atoms with van der Waals surface area (Å²) in [4.78, 5) is 0. The first-order chi connectivity index (χ1) is 6.37. The van der Waals surface area contributed by atoms with Crippen LogP contribution in [-0.2, 0) is 9.47 Å². The smallest absolute Gasteiger partial charge is 0.173 e. The van der Waals surface area contributed by atoms with E-state index in [1.54, 1.807) is 0 Å². The van der Waals surface area contributed by atoms with Crippen LogP contribution in [0.1, 0.15) is 32.1 Å². The monoisotopic (exact) mass is 186 g/mol. The maximum Gasteiger partial charge on any atom is 0.173 e. The summed E-state index contributed by atoms with van der Waals surface area (Å²) in [7, 11) is 0. The van der Waals surface area contributed by atoms with Crippen LogP contribution in [0.4, 0.5) is 0 Å². The van der Waals surface area contributed by atoms with Gasteiger partial charge in [0.1, 0.15) is 0 Å². The molecule has 3 nitrogen and oxygen atoms in total. The van der Waals surface area contributed by atoms with Gasteiger partial charge in [0.05, 0.1) is 19.8 Å². The summed E-state index contributed by atoms with van der Waals surface area (Å²) in [5.41, 5.74) is 0. The third-order valence-electron chi connectivity index (χ3n) is 3.20. The first kappa shape index (κ1) is 9.44. The summed E-state index contributed by atoms with van der Waals surface area (Å²) >= 11 is 0. The Balaban J connectivity index is 2.09. The van der Waals surface area contributed by atoms with Crippen molar-refractivity contribution in [2.24, 2.45) is 5.92 Å². The highest BCUT2D eigenvalue weighted by Gasteiger charge is 2.44. The van der Waals surface area contributed by atoms with Crippen molar-refractivity contribution in [2.45, 2.75) is 37.9 Å². The second kappa shape index (κ2) is 3.95. The zero-order valence-corrected chi connectivity index (χ0v) is 8.00. The lowest BCUT2D eigenvalue weighted by molar-refractivity contribution is -0.206. The molecule has 1 aliphatic carbocycles. The molecule has 76 valence electrons. The molecule has 2 aliphatic rings. The van der Waals surface area contributed by atoms with Gasteiger partial charge >= 0.3 is 0 Å². The minimum Gasteiger partial charge on any atom is -0.396 e. The molecular formula is C10H18O3. The van der Waals surface area contributed by atoms with E-state index in [-0.39, 0.29) is 12.5 Å². The first-order valence-corrected chi connectivity index (χ1v) is 5.26. The predicted molar refractivity (Wildman–Crippen MR) is 48.3 cm³/mol. The largest absolute Gasteiger partial charge is 0.396 e. The summed E-state index contributed by atoms with van der Waals surface area (Å²) in [6.45, 7) is 1.58. The molecule has 0 radical (unpaired) electrons. The molecule has 1 heterocycles. The van der Waals surface area contributed by atoms with Crippen LogP contribution in [-0.4, -0.2) is 30.7 Å². The zero-order chi connectivity index (χ0) is 9.15. The second-order valence-corrected chi connectivity index (χ2v) is 3.99. The van der Waals surface area contributed by atoms with Gasteiger partial charge in [-0.25, -0.2) is 0 Å². The molecule has 1 unspecified atom stereocenters. The SMILES string of the molecule is OCC1CCCCCC12OCCO2. The molecule has 0 amide bonds. The molecule has 1 spiro atoms. The van der Waals surface area contributed by atoms with Crippen molar-refractivity contribution < 1.29 is 14.6 Å². The first-order valence-electron chi connectivity index (χ1n) is 5.26. The van der Waals surface area contributed by atoms with Gasteiger partial charge in [-0.05, 0) is 12.8 Å². The molecule has 0 bridgehead atoms. The van der Waals surface area contributed by atoms with Gasteiger partial charge in [0.2, 0.25) is 0 Å².